The van der Waals surface area contributed by atoms with Crippen molar-refractivity contribution in [2.45, 2.75) is 31.2 Å². The maximum atomic E-state index is 13.8. The molecule has 1 amide bonds. The molecule has 1 N–H and O–H groups in total. The van der Waals surface area contributed by atoms with Crippen LogP contribution in [-0.4, -0.2) is 59.1 Å². The van der Waals surface area contributed by atoms with Crippen LogP contribution in [0.2, 0.25) is 0 Å². The van der Waals surface area contributed by atoms with Gasteiger partial charge in [-0.2, -0.15) is 4.98 Å². The van der Waals surface area contributed by atoms with Gasteiger partial charge in [0, 0.05) is 25.3 Å². The van der Waals surface area contributed by atoms with Gasteiger partial charge in [-0.25, -0.2) is 17.1 Å². The third-order valence-corrected chi connectivity index (χ3v) is 6.83. The largest absolute Gasteiger partial charge is 0.349 e. The molecule has 11 heteroatoms. The fourth-order valence-corrected chi connectivity index (χ4v) is 5.26. The summed E-state index contributed by atoms with van der Waals surface area (Å²) >= 11 is 0. The van der Waals surface area contributed by atoms with E-state index in [0.29, 0.717) is 31.1 Å². The van der Waals surface area contributed by atoms with Gasteiger partial charge in [-0.05, 0) is 31.7 Å². The number of hydrogen-bond acceptors (Lipinski definition) is 7. The van der Waals surface area contributed by atoms with Crippen LogP contribution in [0, 0.1) is 18.7 Å². The summed E-state index contributed by atoms with van der Waals surface area (Å²) in [6, 6.07) is 1.06. The Morgan fingerprint density at radius 2 is 2.25 bits per heavy atom. The summed E-state index contributed by atoms with van der Waals surface area (Å²) in [5.41, 5.74) is -0.744. The molecule has 2 aromatic heterocycles. The quantitative estimate of drug-likeness (QED) is 0.787. The molecule has 3 atom stereocenters. The SMILES string of the molecule is Cc1noc([C@]23C[C@H](NC(=O)c4ccncc4F)C[C@H]2CN(S(C)(=O)=O)C3)n1. The molecule has 1 saturated heterocycles. The van der Waals surface area contributed by atoms with Gasteiger partial charge in [-0.1, -0.05) is 5.16 Å². The number of nitrogens with one attached hydrogen (secondary N) is 1. The Morgan fingerprint density at radius 1 is 1.46 bits per heavy atom. The second-order valence-electron chi connectivity index (χ2n) is 7.52. The number of carbonyl (C=O) groups excluding carboxylic acids is 1. The number of halogens is 1. The molecule has 0 spiro atoms. The van der Waals surface area contributed by atoms with E-state index in [1.807, 2.05) is 0 Å². The molecule has 150 valence electrons. The molecule has 9 nitrogen and oxygen atoms in total. The first-order chi connectivity index (χ1) is 13.2. The van der Waals surface area contributed by atoms with Crippen LogP contribution in [0.25, 0.3) is 0 Å². The van der Waals surface area contributed by atoms with Gasteiger partial charge < -0.3 is 9.84 Å². The lowest BCUT2D eigenvalue weighted by Crippen LogP contribution is -2.39. The minimum Gasteiger partial charge on any atom is -0.349 e. The molecule has 0 bridgehead atoms. The fourth-order valence-electron chi connectivity index (χ4n) is 4.34. The molecule has 3 heterocycles. The molecule has 1 aliphatic heterocycles. The summed E-state index contributed by atoms with van der Waals surface area (Å²) in [6.07, 6.45) is 4.49. The van der Waals surface area contributed by atoms with E-state index in [9.17, 15) is 17.6 Å². The normalized spacial score (nSPS) is 27.7. The van der Waals surface area contributed by atoms with E-state index in [-0.39, 0.29) is 24.1 Å². The molecule has 0 radical (unpaired) electrons. The number of nitrogens with zero attached hydrogens (tertiary/aromatic N) is 4. The Hall–Kier alpha value is -2.40. The van der Waals surface area contributed by atoms with Gasteiger partial charge >= 0.3 is 0 Å². The molecule has 0 aromatic carbocycles. The zero-order valence-electron chi connectivity index (χ0n) is 15.4. The van der Waals surface area contributed by atoms with E-state index in [1.165, 1.54) is 22.8 Å². The molecular weight excluding hydrogens is 389 g/mol. The highest BCUT2D eigenvalue weighted by molar-refractivity contribution is 7.88. The van der Waals surface area contributed by atoms with E-state index in [0.717, 1.165) is 6.20 Å². The summed E-state index contributed by atoms with van der Waals surface area (Å²) in [6.45, 7) is 2.23. The van der Waals surface area contributed by atoms with E-state index in [2.05, 4.69) is 20.4 Å². The summed E-state index contributed by atoms with van der Waals surface area (Å²) in [4.78, 5) is 20.5. The van der Waals surface area contributed by atoms with Gasteiger partial charge in [-0.3, -0.25) is 9.78 Å². The first kappa shape index (κ1) is 18.9. The second-order valence-corrected chi connectivity index (χ2v) is 9.50. The predicted molar refractivity (Wildman–Crippen MR) is 95.3 cm³/mol. The van der Waals surface area contributed by atoms with Crippen molar-refractivity contribution in [3.05, 3.63) is 41.6 Å². The number of fused-ring (bicyclic) bond motifs is 1. The molecule has 1 aliphatic carbocycles. The summed E-state index contributed by atoms with van der Waals surface area (Å²) in [7, 11) is -3.37. The molecule has 2 aliphatic rings. The lowest BCUT2D eigenvalue weighted by molar-refractivity contribution is 0.0930. The van der Waals surface area contributed by atoms with Crippen molar-refractivity contribution >= 4 is 15.9 Å². The van der Waals surface area contributed by atoms with Crippen LogP contribution < -0.4 is 5.32 Å². The standard InChI is InChI=1S/C17H20FN5O4S/c1-10-20-16(27-22-10)17-6-12(5-11(17)8-23(9-17)28(2,25)26)21-15(24)13-3-4-19-7-14(13)18/h3-4,7,11-12H,5-6,8-9H2,1-2H3,(H,21,24)/t11-,12+,17-/m0/s1. The van der Waals surface area contributed by atoms with E-state index in [1.54, 1.807) is 6.92 Å². The van der Waals surface area contributed by atoms with Crippen LogP contribution in [0.1, 0.15) is 34.9 Å². The van der Waals surface area contributed by atoms with Gasteiger partial charge in [0.15, 0.2) is 11.6 Å². The average Bonchev–Trinajstić information content (AvgIpc) is 3.27. The van der Waals surface area contributed by atoms with Crippen molar-refractivity contribution in [2.24, 2.45) is 5.92 Å². The average molecular weight is 409 g/mol. The first-order valence-electron chi connectivity index (χ1n) is 8.85. The maximum absolute atomic E-state index is 13.8. The van der Waals surface area contributed by atoms with Gasteiger partial charge in [0.1, 0.15) is 0 Å². The van der Waals surface area contributed by atoms with Crippen LogP contribution in [0.3, 0.4) is 0 Å². The Labute approximate surface area is 161 Å². The number of aryl methyl sites for hydroxylation is 1. The van der Waals surface area contributed by atoms with Crippen molar-refractivity contribution in [3.63, 3.8) is 0 Å². The molecule has 4 rings (SSSR count). The molecular formula is C17H20FN5O4S. The summed E-state index contributed by atoms with van der Waals surface area (Å²) < 4.78 is 44.8. The highest BCUT2D eigenvalue weighted by atomic mass is 32.2. The monoisotopic (exact) mass is 409 g/mol. The van der Waals surface area contributed by atoms with Crippen LogP contribution in [0.5, 0.6) is 0 Å². The maximum Gasteiger partial charge on any atom is 0.254 e. The van der Waals surface area contributed by atoms with E-state index in [4.69, 9.17) is 4.52 Å². The lowest BCUT2D eigenvalue weighted by Gasteiger charge is -2.24. The zero-order chi connectivity index (χ0) is 20.1. The van der Waals surface area contributed by atoms with E-state index >= 15 is 0 Å². The van der Waals surface area contributed by atoms with Gasteiger partial charge in [0.2, 0.25) is 15.9 Å². The number of amides is 1. The van der Waals surface area contributed by atoms with Crippen molar-refractivity contribution < 1.29 is 22.1 Å². The lowest BCUT2D eigenvalue weighted by atomic mass is 9.80. The fraction of sp³-hybridized carbons (Fsp3) is 0.529. The number of pyridine rings is 1. The molecule has 2 fully saturated rings. The van der Waals surface area contributed by atoms with Crippen molar-refractivity contribution in [2.75, 3.05) is 19.3 Å². The number of carbonyl (C=O) groups is 1. The van der Waals surface area contributed by atoms with Crippen molar-refractivity contribution in [1.29, 1.82) is 0 Å². The number of aromatic nitrogens is 3. The van der Waals surface area contributed by atoms with E-state index < -0.39 is 27.2 Å². The Bertz CT molecular complexity index is 1030. The van der Waals surface area contributed by atoms with Gasteiger partial charge in [0.05, 0.1) is 23.4 Å². The van der Waals surface area contributed by atoms with Crippen LogP contribution in [-0.2, 0) is 15.4 Å². The summed E-state index contributed by atoms with van der Waals surface area (Å²) in [5.74, 6) is -0.458. The molecule has 0 unspecified atom stereocenters. The Morgan fingerprint density at radius 3 is 2.89 bits per heavy atom. The molecule has 2 aromatic rings. The minimum atomic E-state index is -3.37. The number of hydrogen-bond donors (Lipinski definition) is 1. The van der Waals surface area contributed by atoms with Gasteiger partial charge in [0.25, 0.3) is 5.91 Å². The smallest absolute Gasteiger partial charge is 0.254 e. The first-order valence-corrected chi connectivity index (χ1v) is 10.7. The Kier molecular flexibility index (Phi) is 4.46. The second kappa shape index (κ2) is 6.59. The highest BCUT2D eigenvalue weighted by Gasteiger charge is 2.59. The van der Waals surface area contributed by atoms with Gasteiger partial charge in [-0.15, -0.1) is 0 Å². The summed E-state index contributed by atoms with van der Waals surface area (Å²) in [5, 5.41) is 6.71. The molecule has 28 heavy (non-hydrogen) atoms. The van der Waals surface area contributed by atoms with Crippen LogP contribution in [0.4, 0.5) is 4.39 Å². The third kappa shape index (κ3) is 3.18. The Balaban J connectivity index is 1.59. The number of rotatable bonds is 4. The zero-order valence-corrected chi connectivity index (χ0v) is 16.2. The van der Waals surface area contributed by atoms with Crippen LogP contribution in [0.15, 0.2) is 23.0 Å². The third-order valence-electron chi connectivity index (χ3n) is 5.62. The highest BCUT2D eigenvalue weighted by Crippen LogP contribution is 2.50. The predicted octanol–water partition coefficient (Wildman–Crippen LogP) is 0.634. The topological polar surface area (TPSA) is 118 Å². The van der Waals surface area contributed by atoms with Crippen LogP contribution >= 0.6 is 0 Å². The minimum absolute atomic E-state index is 0.0764. The number of sulfonamides is 1. The van der Waals surface area contributed by atoms with Crippen molar-refractivity contribution in [3.8, 4) is 0 Å². The molecule has 1 saturated carbocycles. The van der Waals surface area contributed by atoms with Crippen molar-refractivity contribution in [1.82, 2.24) is 24.7 Å².